The summed E-state index contributed by atoms with van der Waals surface area (Å²) in [4.78, 5) is 14.9. The second kappa shape index (κ2) is 8.80. The molecule has 0 aliphatic carbocycles. The number of furan rings is 1. The Kier molecular flexibility index (Phi) is 6.39. The Labute approximate surface area is 171 Å². The molecule has 0 saturated carbocycles. The summed E-state index contributed by atoms with van der Waals surface area (Å²) < 4.78 is 35.3. The minimum absolute atomic E-state index is 0.0963. The molecule has 0 N–H and O–H groups in total. The highest BCUT2D eigenvalue weighted by Crippen LogP contribution is 2.28. The van der Waals surface area contributed by atoms with Gasteiger partial charge in [-0.3, -0.25) is 4.79 Å². The van der Waals surface area contributed by atoms with Crippen molar-refractivity contribution < 1.29 is 22.4 Å². The Hall–Kier alpha value is -2.64. The van der Waals surface area contributed by atoms with Crippen molar-refractivity contribution >= 4 is 26.7 Å². The van der Waals surface area contributed by atoms with Crippen LogP contribution in [0.15, 0.2) is 63.9 Å². The molecule has 1 aromatic heterocycles. The monoisotopic (exact) mass is 415 g/mol. The summed E-state index contributed by atoms with van der Waals surface area (Å²) in [7, 11) is -1.97. The van der Waals surface area contributed by atoms with Gasteiger partial charge in [-0.1, -0.05) is 18.2 Å². The first-order chi connectivity index (χ1) is 13.9. The fourth-order valence-corrected chi connectivity index (χ4v) is 4.41. The summed E-state index contributed by atoms with van der Waals surface area (Å²) in [5.41, 5.74) is 1.21. The van der Waals surface area contributed by atoms with E-state index in [9.17, 15) is 13.2 Å². The van der Waals surface area contributed by atoms with E-state index in [2.05, 4.69) is 0 Å². The summed E-state index contributed by atoms with van der Waals surface area (Å²) in [5, 5.41) is 0.989. The molecule has 6 nitrogen and oxygen atoms in total. The van der Waals surface area contributed by atoms with Gasteiger partial charge >= 0.3 is 0 Å². The Morgan fingerprint density at radius 2 is 1.83 bits per heavy atom. The molecule has 0 aliphatic rings. The molecule has 0 radical (unpaired) electrons. The molecule has 3 rings (SSSR count). The number of carbonyl (C=O) groups is 1. The number of methoxy groups -OCH3 is 1. The third-order valence-electron chi connectivity index (χ3n) is 4.94. The molecule has 1 atom stereocenters. The average Bonchev–Trinajstić information content (AvgIpc) is 3.17. The standard InChI is InChI=1S/C22H25NO5S/c1-4-23(16(2)21-15-18-7-5-6-8-20(18)28-21)22(24)17-9-11-19(12-10-17)29(25,26)14-13-27-3/h5-12,15-16H,4,13-14H2,1-3H3/t16-/m1/s1. The molecule has 0 fully saturated rings. The van der Waals surface area contributed by atoms with Crippen molar-refractivity contribution in [3.8, 4) is 0 Å². The minimum atomic E-state index is -3.43. The van der Waals surface area contributed by atoms with E-state index in [1.807, 2.05) is 44.2 Å². The number of carbonyl (C=O) groups excluding carboxylic acids is 1. The van der Waals surface area contributed by atoms with Gasteiger partial charge in [0.05, 0.1) is 23.3 Å². The second-order valence-corrected chi connectivity index (χ2v) is 8.90. The first-order valence-corrected chi connectivity index (χ1v) is 11.1. The van der Waals surface area contributed by atoms with Crippen LogP contribution in [0.1, 0.15) is 36.0 Å². The van der Waals surface area contributed by atoms with Gasteiger partial charge < -0.3 is 14.1 Å². The maximum absolute atomic E-state index is 13.1. The van der Waals surface area contributed by atoms with Gasteiger partial charge in [0.2, 0.25) is 0 Å². The van der Waals surface area contributed by atoms with Crippen LogP contribution < -0.4 is 0 Å². The Morgan fingerprint density at radius 1 is 1.14 bits per heavy atom. The van der Waals surface area contributed by atoms with Crippen LogP contribution in [0.4, 0.5) is 0 Å². The van der Waals surface area contributed by atoms with Crippen molar-refractivity contribution in [1.82, 2.24) is 4.90 Å². The predicted octanol–water partition coefficient (Wildman–Crippen LogP) is 4.08. The van der Waals surface area contributed by atoms with E-state index in [-0.39, 0.29) is 29.2 Å². The third-order valence-corrected chi connectivity index (χ3v) is 6.64. The zero-order valence-electron chi connectivity index (χ0n) is 16.8. The Bertz CT molecular complexity index is 1050. The van der Waals surface area contributed by atoms with Crippen molar-refractivity contribution in [2.45, 2.75) is 24.8 Å². The topological polar surface area (TPSA) is 76.8 Å². The van der Waals surface area contributed by atoms with Gasteiger partial charge in [0.15, 0.2) is 9.84 Å². The zero-order valence-corrected chi connectivity index (χ0v) is 17.6. The van der Waals surface area contributed by atoms with Gasteiger partial charge in [0, 0.05) is 24.6 Å². The third kappa shape index (κ3) is 4.52. The molecular weight excluding hydrogens is 390 g/mol. The summed E-state index contributed by atoms with van der Waals surface area (Å²) in [5.74, 6) is 0.433. The van der Waals surface area contributed by atoms with Gasteiger partial charge in [-0.25, -0.2) is 8.42 Å². The molecule has 2 aromatic carbocycles. The number of hydrogen-bond acceptors (Lipinski definition) is 5. The van der Waals surface area contributed by atoms with Crippen LogP contribution in [0.5, 0.6) is 0 Å². The van der Waals surface area contributed by atoms with Crippen LogP contribution in [-0.4, -0.2) is 45.2 Å². The van der Waals surface area contributed by atoms with E-state index in [1.54, 1.807) is 17.0 Å². The lowest BCUT2D eigenvalue weighted by Crippen LogP contribution is -2.33. The lowest BCUT2D eigenvalue weighted by molar-refractivity contribution is 0.0684. The summed E-state index contributed by atoms with van der Waals surface area (Å²) in [6.45, 7) is 4.44. The zero-order chi connectivity index (χ0) is 21.0. The summed E-state index contributed by atoms with van der Waals surface area (Å²) in [6, 6.07) is 15.4. The van der Waals surface area contributed by atoms with Crippen LogP contribution >= 0.6 is 0 Å². The average molecular weight is 416 g/mol. The highest BCUT2D eigenvalue weighted by Gasteiger charge is 2.24. The van der Waals surface area contributed by atoms with E-state index in [1.165, 1.54) is 19.2 Å². The molecule has 7 heteroatoms. The molecule has 1 amide bonds. The number of benzene rings is 2. The van der Waals surface area contributed by atoms with Crippen molar-refractivity contribution in [1.29, 1.82) is 0 Å². The molecule has 3 aromatic rings. The quantitative estimate of drug-likeness (QED) is 0.554. The van der Waals surface area contributed by atoms with Crippen LogP contribution in [0, 0.1) is 0 Å². The maximum atomic E-state index is 13.1. The Balaban J connectivity index is 1.81. The molecule has 1 heterocycles. The molecule has 0 saturated heterocycles. The van der Waals surface area contributed by atoms with Crippen LogP contribution in [-0.2, 0) is 14.6 Å². The normalized spacial score (nSPS) is 12.8. The second-order valence-electron chi connectivity index (χ2n) is 6.79. The van der Waals surface area contributed by atoms with Crippen LogP contribution in [0.25, 0.3) is 11.0 Å². The fourth-order valence-electron chi connectivity index (χ4n) is 3.24. The van der Waals surface area contributed by atoms with Crippen molar-refractivity contribution in [3.05, 3.63) is 65.9 Å². The SMILES string of the molecule is CCN(C(=O)c1ccc(S(=O)(=O)CCOC)cc1)[C@H](C)c1cc2ccccc2o1. The smallest absolute Gasteiger partial charge is 0.254 e. The minimum Gasteiger partial charge on any atom is -0.459 e. The number of hydrogen-bond donors (Lipinski definition) is 0. The van der Waals surface area contributed by atoms with E-state index in [4.69, 9.17) is 9.15 Å². The lowest BCUT2D eigenvalue weighted by atomic mass is 10.1. The number of nitrogens with zero attached hydrogens (tertiary/aromatic N) is 1. The fraction of sp³-hybridized carbons (Fsp3) is 0.318. The number of rotatable bonds is 8. The van der Waals surface area contributed by atoms with E-state index in [0.29, 0.717) is 17.9 Å². The van der Waals surface area contributed by atoms with Crippen LogP contribution in [0.2, 0.25) is 0 Å². The number of fused-ring (bicyclic) bond motifs is 1. The lowest BCUT2D eigenvalue weighted by Gasteiger charge is -2.26. The van der Waals surface area contributed by atoms with Crippen molar-refractivity contribution in [3.63, 3.8) is 0 Å². The van der Waals surface area contributed by atoms with Gasteiger partial charge in [-0.15, -0.1) is 0 Å². The van der Waals surface area contributed by atoms with Gasteiger partial charge in [0.25, 0.3) is 5.91 Å². The molecule has 0 bridgehead atoms. The number of sulfone groups is 1. The van der Waals surface area contributed by atoms with Gasteiger partial charge in [-0.05, 0) is 50.2 Å². The van der Waals surface area contributed by atoms with E-state index in [0.717, 1.165) is 11.0 Å². The summed E-state index contributed by atoms with van der Waals surface area (Å²) in [6.07, 6.45) is 0. The molecule has 154 valence electrons. The molecule has 29 heavy (non-hydrogen) atoms. The molecule has 0 spiro atoms. The molecule has 0 aliphatic heterocycles. The van der Waals surface area contributed by atoms with Crippen molar-refractivity contribution in [2.24, 2.45) is 0 Å². The number of amides is 1. The van der Waals surface area contributed by atoms with Gasteiger partial charge in [0.1, 0.15) is 11.3 Å². The largest absolute Gasteiger partial charge is 0.459 e. The van der Waals surface area contributed by atoms with E-state index < -0.39 is 9.84 Å². The summed E-state index contributed by atoms with van der Waals surface area (Å²) >= 11 is 0. The highest BCUT2D eigenvalue weighted by atomic mass is 32.2. The molecule has 0 unspecified atom stereocenters. The Morgan fingerprint density at radius 3 is 2.45 bits per heavy atom. The first kappa shape index (κ1) is 21.1. The maximum Gasteiger partial charge on any atom is 0.254 e. The van der Waals surface area contributed by atoms with E-state index >= 15 is 0 Å². The first-order valence-electron chi connectivity index (χ1n) is 9.48. The number of ether oxygens (including phenoxy) is 1. The van der Waals surface area contributed by atoms with Crippen LogP contribution in [0.3, 0.4) is 0 Å². The van der Waals surface area contributed by atoms with Crippen molar-refractivity contribution in [2.75, 3.05) is 26.0 Å². The molecular formula is C22H25NO5S. The highest BCUT2D eigenvalue weighted by molar-refractivity contribution is 7.91. The van der Waals surface area contributed by atoms with Gasteiger partial charge in [-0.2, -0.15) is 0 Å². The predicted molar refractivity (Wildman–Crippen MR) is 112 cm³/mol. The number of para-hydroxylation sites is 1.